The summed E-state index contributed by atoms with van der Waals surface area (Å²) < 4.78 is 7.95. The quantitative estimate of drug-likeness (QED) is 0.155. The number of aromatic nitrogens is 1. The summed E-state index contributed by atoms with van der Waals surface area (Å²) in [6.07, 6.45) is 2.37. The van der Waals surface area contributed by atoms with Crippen LogP contribution in [-0.2, 0) is 22.6 Å². The van der Waals surface area contributed by atoms with Crippen molar-refractivity contribution in [2.75, 3.05) is 11.9 Å². The summed E-state index contributed by atoms with van der Waals surface area (Å²) in [6, 6.07) is 21.6. The molecule has 1 saturated heterocycles. The summed E-state index contributed by atoms with van der Waals surface area (Å²) in [7, 11) is 0. The predicted molar refractivity (Wildman–Crippen MR) is 169 cm³/mol. The number of carbonyl (C=O) groups excluding carboxylic acids is 3. The highest BCUT2D eigenvalue weighted by molar-refractivity contribution is 6.35. The van der Waals surface area contributed by atoms with Crippen molar-refractivity contribution in [1.82, 2.24) is 14.8 Å². The zero-order valence-corrected chi connectivity index (χ0v) is 25.4. The SMILES string of the molecule is CCc1ccccc1NC(=O)CN1C(=O)N/C(=C/c2cc(C)n(-c3ccc(OCc4ccc(Cl)cc4Cl)cc3)c2C)C1=O. The van der Waals surface area contributed by atoms with E-state index in [9.17, 15) is 14.4 Å². The van der Waals surface area contributed by atoms with Crippen LogP contribution in [0.4, 0.5) is 10.5 Å². The maximum atomic E-state index is 13.1. The summed E-state index contributed by atoms with van der Waals surface area (Å²) in [5.74, 6) is -0.329. The summed E-state index contributed by atoms with van der Waals surface area (Å²) >= 11 is 12.2. The van der Waals surface area contributed by atoms with E-state index in [0.717, 1.165) is 45.1 Å². The van der Waals surface area contributed by atoms with Crippen molar-refractivity contribution in [1.29, 1.82) is 0 Å². The number of anilines is 1. The van der Waals surface area contributed by atoms with E-state index in [0.29, 0.717) is 28.1 Å². The highest BCUT2D eigenvalue weighted by Gasteiger charge is 2.35. The smallest absolute Gasteiger partial charge is 0.329 e. The fourth-order valence-corrected chi connectivity index (χ4v) is 5.44. The molecule has 0 aliphatic carbocycles. The minimum Gasteiger partial charge on any atom is -0.489 e. The molecule has 5 rings (SSSR count). The molecule has 3 aromatic carbocycles. The monoisotopic (exact) mass is 616 g/mol. The molecule has 0 spiro atoms. The number of nitrogens with one attached hydrogen (secondary N) is 2. The van der Waals surface area contributed by atoms with Gasteiger partial charge < -0.3 is 19.9 Å². The Morgan fingerprint density at radius 2 is 1.72 bits per heavy atom. The molecule has 0 bridgehead atoms. The van der Waals surface area contributed by atoms with Gasteiger partial charge >= 0.3 is 6.03 Å². The minimum absolute atomic E-state index is 0.108. The molecule has 10 heteroatoms. The molecule has 1 aliphatic rings. The van der Waals surface area contributed by atoms with Crippen molar-refractivity contribution in [3.8, 4) is 11.4 Å². The van der Waals surface area contributed by atoms with Crippen LogP contribution in [0, 0.1) is 13.8 Å². The fourth-order valence-electron chi connectivity index (χ4n) is 4.98. The number of ether oxygens (including phenoxy) is 1. The van der Waals surface area contributed by atoms with E-state index in [1.54, 1.807) is 24.3 Å². The minimum atomic E-state index is -0.639. The van der Waals surface area contributed by atoms with E-state index in [-0.39, 0.29) is 5.70 Å². The molecule has 220 valence electrons. The number of benzene rings is 3. The number of hydrogen-bond acceptors (Lipinski definition) is 4. The Morgan fingerprint density at radius 3 is 2.44 bits per heavy atom. The standard InChI is InChI=1S/C33H30Cl2N4O4/c1-4-22-7-5-6-8-29(22)36-31(40)18-38-32(41)30(37-33(38)42)16-24-15-20(2)39(21(24)3)26-11-13-27(14-12-26)43-19-23-9-10-25(34)17-28(23)35/h5-17H,4,18-19H2,1-3H3,(H,36,40)(H,37,42)/b30-16+. The maximum Gasteiger partial charge on any atom is 0.329 e. The van der Waals surface area contributed by atoms with Crippen LogP contribution in [0.2, 0.25) is 10.0 Å². The van der Waals surface area contributed by atoms with Gasteiger partial charge in [0.25, 0.3) is 5.91 Å². The van der Waals surface area contributed by atoms with Crippen LogP contribution in [-0.4, -0.2) is 33.9 Å². The third-order valence-electron chi connectivity index (χ3n) is 7.21. The van der Waals surface area contributed by atoms with E-state index in [2.05, 4.69) is 10.6 Å². The molecule has 1 aliphatic heterocycles. The molecule has 4 amide bonds. The van der Waals surface area contributed by atoms with Gasteiger partial charge in [-0.05, 0) is 86.0 Å². The highest BCUT2D eigenvalue weighted by Crippen LogP contribution is 2.27. The van der Waals surface area contributed by atoms with Crippen molar-refractivity contribution in [2.24, 2.45) is 0 Å². The van der Waals surface area contributed by atoms with Crippen molar-refractivity contribution in [3.05, 3.63) is 117 Å². The van der Waals surface area contributed by atoms with Gasteiger partial charge in [0.1, 0.15) is 24.6 Å². The largest absolute Gasteiger partial charge is 0.489 e. The van der Waals surface area contributed by atoms with Gasteiger partial charge in [-0.3, -0.25) is 9.59 Å². The first-order valence-electron chi connectivity index (χ1n) is 13.7. The van der Waals surface area contributed by atoms with Crippen LogP contribution in [0.5, 0.6) is 5.75 Å². The van der Waals surface area contributed by atoms with Gasteiger partial charge in [-0.25, -0.2) is 9.69 Å². The molecule has 43 heavy (non-hydrogen) atoms. The molecule has 2 heterocycles. The Morgan fingerprint density at radius 1 is 0.977 bits per heavy atom. The molecular weight excluding hydrogens is 587 g/mol. The molecule has 0 radical (unpaired) electrons. The number of amides is 4. The van der Waals surface area contributed by atoms with Gasteiger partial charge in [-0.2, -0.15) is 0 Å². The number of hydrogen-bond donors (Lipinski definition) is 2. The van der Waals surface area contributed by atoms with Crippen molar-refractivity contribution in [3.63, 3.8) is 0 Å². The Bertz CT molecular complexity index is 1740. The van der Waals surface area contributed by atoms with E-state index >= 15 is 0 Å². The normalized spacial score (nSPS) is 13.9. The molecule has 1 fully saturated rings. The number of aryl methyl sites for hydroxylation is 2. The second-order valence-electron chi connectivity index (χ2n) is 10.1. The van der Waals surface area contributed by atoms with E-state index < -0.39 is 24.4 Å². The molecular formula is C33H30Cl2N4O4. The highest BCUT2D eigenvalue weighted by atomic mass is 35.5. The molecule has 0 atom stereocenters. The topological polar surface area (TPSA) is 92.7 Å². The Balaban J connectivity index is 1.27. The van der Waals surface area contributed by atoms with Crippen LogP contribution >= 0.6 is 23.2 Å². The lowest BCUT2D eigenvalue weighted by atomic mass is 10.1. The third-order valence-corrected chi connectivity index (χ3v) is 7.80. The number of imide groups is 1. The maximum absolute atomic E-state index is 13.1. The Kier molecular flexibility index (Phi) is 8.89. The number of carbonyl (C=O) groups is 3. The van der Waals surface area contributed by atoms with E-state index in [1.165, 1.54) is 0 Å². The lowest BCUT2D eigenvalue weighted by molar-refractivity contribution is -0.127. The first-order valence-corrected chi connectivity index (χ1v) is 14.5. The average Bonchev–Trinajstić information content (AvgIpc) is 3.41. The van der Waals surface area contributed by atoms with Crippen LogP contribution < -0.4 is 15.4 Å². The zero-order chi connectivity index (χ0) is 30.7. The molecule has 2 N–H and O–H groups in total. The number of halogens is 2. The van der Waals surface area contributed by atoms with Gasteiger partial charge in [-0.15, -0.1) is 0 Å². The molecule has 0 unspecified atom stereocenters. The van der Waals surface area contributed by atoms with Crippen LogP contribution in [0.15, 0.2) is 78.5 Å². The molecule has 4 aromatic rings. The van der Waals surface area contributed by atoms with Gasteiger partial charge in [0.05, 0.1) is 0 Å². The van der Waals surface area contributed by atoms with E-state index in [4.69, 9.17) is 27.9 Å². The summed E-state index contributed by atoms with van der Waals surface area (Å²) in [5.41, 5.74) is 6.06. The average molecular weight is 618 g/mol. The lowest BCUT2D eigenvalue weighted by Gasteiger charge is -2.13. The summed E-state index contributed by atoms with van der Waals surface area (Å²) in [5, 5.41) is 6.52. The summed E-state index contributed by atoms with van der Waals surface area (Å²) in [4.78, 5) is 39.3. The third kappa shape index (κ3) is 6.61. The van der Waals surface area contributed by atoms with Gasteiger partial charge in [0.15, 0.2) is 0 Å². The predicted octanol–water partition coefficient (Wildman–Crippen LogP) is 7.07. The second-order valence-corrected chi connectivity index (χ2v) is 11.0. The second kappa shape index (κ2) is 12.8. The van der Waals surface area contributed by atoms with Crippen LogP contribution in [0.3, 0.4) is 0 Å². The number of para-hydroxylation sites is 1. The number of urea groups is 1. The van der Waals surface area contributed by atoms with E-state index in [1.807, 2.05) is 79.9 Å². The lowest BCUT2D eigenvalue weighted by Crippen LogP contribution is -2.38. The Hall–Kier alpha value is -4.53. The number of rotatable bonds is 9. The summed E-state index contributed by atoms with van der Waals surface area (Å²) in [6.45, 7) is 5.80. The van der Waals surface area contributed by atoms with Gasteiger partial charge in [0.2, 0.25) is 5.91 Å². The molecule has 0 saturated carbocycles. The zero-order valence-electron chi connectivity index (χ0n) is 23.9. The molecule has 8 nitrogen and oxygen atoms in total. The van der Waals surface area contributed by atoms with Crippen LogP contribution in [0.25, 0.3) is 11.8 Å². The van der Waals surface area contributed by atoms with Gasteiger partial charge in [-0.1, -0.05) is 54.4 Å². The van der Waals surface area contributed by atoms with Crippen molar-refractivity contribution < 1.29 is 19.1 Å². The van der Waals surface area contributed by atoms with Crippen molar-refractivity contribution in [2.45, 2.75) is 33.8 Å². The van der Waals surface area contributed by atoms with Crippen LogP contribution in [0.1, 0.15) is 35.0 Å². The fraction of sp³-hybridized carbons (Fsp3) is 0.182. The number of nitrogens with zero attached hydrogens (tertiary/aromatic N) is 2. The van der Waals surface area contributed by atoms with Gasteiger partial charge in [0, 0.05) is 38.4 Å². The first-order chi connectivity index (χ1) is 20.6. The van der Waals surface area contributed by atoms with Crippen molar-refractivity contribution >= 4 is 52.8 Å². The Labute approximate surface area is 259 Å². The molecule has 1 aromatic heterocycles. The first kappa shape index (κ1) is 29.9.